The first kappa shape index (κ1) is 14.5. The molecule has 1 fully saturated rings. The van der Waals surface area contributed by atoms with Crippen molar-refractivity contribution in [2.75, 3.05) is 6.54 Å². The van der Waals surface area contributed by atoms with E-state index in [-0.39, 0.29) is 29.1 Å². The van der Waals surface area contributed by atoms with Crippen LogP contribution in [0.1, 0.15) is 23.3 Å². The van der Waals surface area contributed by atoms with Crippen LogP contribution in [0.15, 0.2) is 17.2 Å². The molecule has 0 radical (unpaired) electrons. The van der Waals surface area contributed by atoms with Crippen molar-refractivity contribution in [3.8, 4) is 0 Å². The molecule has 20 heavy (non-hydrogen) atoms. The molecule has 1 amide bonds. The van der Waals surface area contributed by atoms with Gasteiger partial charge in [0.2, 0.25) is 15.9 Å². The SMILES string of the molecule is Cn1cc(S(=O)(=O)NCC2CCC(=O)N2)cc1C(=O)O. The molecule has 1 aromatic heterocycles. The zero-order valence-corrected chi connectivity index (χ0v) is 11.6. The van der Waals surface area contributed by atoms with Gasteiger partial charge in [-0.1, -0.05) is 0 Å². The van der Waals surface area contributed by atoms with Crippen LogP contribution in [0.4, 0.5) is 0 Å². The van der Waals surface area contributed by atoms with E-state index in [0.29, 0.717) is 12.8 Å². The molecule has 0 aliphatic carbocycles. The standard InChI is InChI=1S/C11H15N3O5S/c1-14-6-8(4-9(14)11(16)17)20(18,19)12-5-7-2-3-10(15)13-7/h4,6-7,12H,2-3,5H2,1H3,(H,13,15)(H,16,17). The number of aryl methyl sites for hydroxylation is 1. The van der Waals surface area contributed by atoms with Crippen LogP contribution in [0.2, 0.25) is 0 Å². The summed E-state index contributed by atoms with van der Waals surface area (Å²) >= 11 is 0. The Kier molecular flexibility index (Phi) is 3.82. The number of amides is 1. The fourth-order valence-corrected chi connectivity index (χ4v) is 3.17. The number of carbonyl (C=O) groups is 2. The van der Waals surface area contributed by atoms with E-state index < -0.39 is 16.0 Å². The number of carboxylic acid groups (broad SMARTS) is 1. The number of aromatic carboxylic acids is 1. The molecule has 1 saturated heterocycles. The fraction of sp³-hybridized carbons (Fsp3) is 0.455. The van der Waals surface area contributed by atoms with Gasteiger partial charge in [0.05, 0.1) is 0 Å². The van der Waals surface area contributed by atoms with Crippen molar-refractivity contribution < 1.29 is 23.1 Å². The molecule has 0 bridgehead atoms. The molecule has 2 rings (SSSR count). The molecule has 9 heteroatoms. The quantitative estimate of drug-likeness (QED) is 0.663. The van der Waals surface area contributed by atoms with E-state index in [1.165, 1.54) is 17.8 Å². The highest BCUT2D eigenvalue weighted by Crippen LogP contribution is 2.14. The lowest BCUT2D eigenvalue weighted by molar-refractivity contribution is -0.119. The van der Waals surface area contributed by atoms with E-state index in [2.05, 4.69) is 10.0 Å². The van der Waals surface area contributed by atoms with Crippen LogP contribution in [0, 0.1) is 0 Å². The summed E-state index contributed by atoms with van der Waals surface area (Å²) in [5.74, 6) is -1.29. The van der Waals surface area contributed by atoms with E-state index >= 15 is 0 Å². The fourth-order valence-electron chi connectivity index (χ4n) is 2.02. The normalized spacial score (nSPS) is 19.1. The minimum absolute atomic E-state index is 0.0887. The molecular weight excluding hydrogens is 286 g/mol. The minimum atomic E-state index is -3.79. The number of carboxylic acids is 1. The average molecular weight is 301 g/mol. The predicted molar refractivity (Wildman–Crippen MR) is 68.7 cm³/mol. The molecule has 0 aromatic carbocycles. The average Bonchev–Trinajstić information content (AvgIpc) is 2.93. The molecule has 1 aromatic rings. The number of aromatic nitrogens is 1. The topological polar surface area (TPSA) is 118 Å². The van der Waals surface area contributed by atoms with Gasteiger partial charge in [0, 0.05) is 32.3 Å². The monoisotopic (exact) mass is 301 g/mol. The first-order valence-electron chi connectivity index (χ1n) is 5.98. The zero-order valence-electron chi connectivity index (χ0n) is 10.8. The van der Waals surface area contributed by atoms with Crippen molar-refractivity contribution in [1.82, 2.24) is 14.6 Å². The molecular formula is C11H15N3O5S. The number of nitrogens with one attached hydrogen (secondary N) is 2. The summed E-state index contributed by atoms with van der Waals surface area (Å²) < 4.78 is 27.7. The summed E-state index contributed by atoms with van der Waals surface area (Å²) in [5.41, 5.74) is -0.112. The number of carbonyl (C=O) groups excluding carboxylic acids is 1. The maximum Gasteiger partial charge on any atom is 0.352 e. The van der Waals surface area contributed by atoms with Gasteiger partial charge in [-0.3, -0.25) is 4.79 Å². The van der Waals surface area contributed by atoms with Crippen molar-refractivity contribution in [3.05, 3.63) is 18.0 Å². The molecule has 110 valence electrons. The van der Waals surface area contributed by atoms with Gasteiger partial charge in [-0.15, -0.1) is 0 Å². The summed E-state index contributed by atoms with van der Waals surface area (Å²) in [6.45, 7) is 0.0887. The van der Waals surface area contributed by atoms with Crippen molar-refractivity contribution in [1.29, 1.82) is 0 Å². The summed E-state index contributed by atoms with van der Waals surface area (Å²) in [5, 5.41) is 11.5. The second-order valence-corrected chi connectivity index (χ2v) is 6.40. The van der Waals surface area contributed by atoms with Crippen LogP contribution >= 0.6 is 0 Å². The summed E-state index contributed by atoms with van der Waals surface area (Å²) in [6.07, 6.45) is 2.20. The second kappa shape index (κ2) is 5.25. The number of hydrogen-bond donors (Lipinski definition) is 3. The van der Waals surface area contributed by atoms with Gasteiger partial charge in [-0.2, -0.15) is 0 Å². The minimum Gasteiger partial charge on any atom is -0.477 e. The molecule has 3 N–H and O–H groups in total. The molecule has 0 spiro atoms. The Hall–Kier alpha value is -1.87. The van der Waals surface area contributed by atoms with E-state index in [1.54, 1.807) is 0 Å². The molecule has 1 aliphatic heterocycles. The van der Waals surface area contributed by atoms with Gasteiger partial charge in [-0.05, 0) is 12.5 Å². The molecule has 1 unspecified atom stereocenters. The maximum atomic E-state index is 12.0. The van der Waals surface area contributed by atoms with E-state index in [0.717, 1.165) is 6.07 Å². The van der Waals surface area contributed by atoms with Crippen LogP contribution < -0.4 is 10.0 Å². The Morgan fingerprint density at radius 3 is 2.80 bits per heavy atom. The van der Waals surface area contributed by atoms with E-state index in [4.69, 9.17) is 5.11 Å². The first-order chi connectivity index (χ1) is 9.29. The highest BCUT2D eigenvalue weighted by molar-refractivity contribution is 7.89. The van der Waals surface area contributed by atoms with Crippen LogP contribution in [-0.2, 0) is 21.9 Å². The third-order valence-electron chi connectivity index (χ3n) is 3.11. The number of sulfonamides is 1. The summed E-state index contributed by atoms with van der Waals surface area (Å²) in [7, 11) is -2.33. The van der Waals surface area contributed by atoms with Gasteiger partial charge in [0.25, 0.3) is 0 Å². The highest BCUT2D eigenvalue weighted by atomic mass is 32.2. The molecule has 2 heterocycles. The zero-order chi connectivity index (χ0) is 14.9. The Morgan fingerprint density at radius 1 is 1.60 bits per heavy atom. The lowest BCUT2D eigenvalue weighted by Gasteiger charge is -2.10. The van der Waals surface area contributed by atoms with Crippen molar-refractivity contribution in [2.45, 2.75) is 23.8 Å². The Balaban J connectivity index is 2.08. The molecule has 0 saturated carbocycles. The smallest absolute Gasteiger partial charge is 0.352 e. The van der Waals surface area contributed by atoms with Gasteiger partial charge >= 0.3 is 5.97 Å². The Labute approximate surface area is 115 Å². The molecule has 1 aliphatic rings. The van der Waals surface area contributed by atoms with Crippen LogP contribution in [-0.4, -0.2) is 42.6 Å². The first-order valence-corrected chi connectivity index (χ1v) is 7.46. The lowest BCUT2D eigenvalue weighted by atomic mass is 10.2. The number of hydrogen-bond acceptors (Lipinski definition) is 4. The second-order valence-electron chi connectivity index (χ2n) is 4.63. The van der Waals surface area contributed by atoms with Crippen LogP contribution in [0.25, 0.3) is 0 Å². The number of nitrogens with zero attached hydrogens (tertiary/aromatic N) is 1. The Morgan fingerprint density at radius 2 is 2.30 bits per heavy atom. The van der Waals surface area contributed by atoms with Crippen LogP contribution in [0.3, 0.4) is 0 Å². The summed E-state index contributed by atoms with van der Waals surface area (Å²) in [4.78, 5) is 21.8. The van der Waals surface area contributed by atoms with E-state index in [1.807, 2.05) is 0 Å². The summed E-state index contributed by atoms with van der Waals surface area (Å²) in [6, 6.07) is 0.873. The third-order valence-corrected chi connectivity index (χ3v) is 4.50. The number of rotatable bonds is 5. The lowest BCUT2D eigenvalue weighted by Crippen LogP contribution is -2.38. The van der Waals surface area contributed by atoms with Crippen molar-refractivity contribution in [2.24, 2.45) is 7.05 Å². The Bertz CT molecular complexity index is 649. The van der Waals surface area contributed by atoms with Gasteiger partial charge in [-0.25, -0.2) is 17.9 Å². The molecule has 1 atom stereocenters. The van der Waals surface area contributed by atoms with Gasteiger partial charge in [0.15, 0.2) is 0 Å². The van der Waals surface area contributed by atoms with E-state index in [9.17, 15) is 18.0 Å². The van der Waals surface area contributed by atoms with Crippen LogP contribution in [0.5, 0.6) is 0 Å². The van der Waals surface area contributed by atoms with Gasteiger partial charge in [0.1, 0.15) is 10.6 Å². The maximum absolute atomic E-state index is 12.0. The van der Waals surface area contributed by atoms with Crippen molar-refractivity contribution >= 4 is 21.9 Å². The molecule has 8 nitrogen and oxygen atoms in total. The van der Waals surface area contributed by atoms with Crippen molar-refractivity contribution in [3.63, 3.8) is 0 Å². The highest BCUT2D eigenvalue weighted by Gasteiger charge is 2.24. The largest absolute Gasteiger partial charge is 0.477 e. The van der Waals surface area contributed by atoms with Gasteiger partial charge < -0.3 is 15.0 Å². The third kappa shape index (κ3) is 2.99. The predicted octanol–water partition coefficient (Wildman–Crippen LogP) is -0.720.